The van der Waals surface area contributed by atoms with Crippen molar-refractivity contribution in [3.05, 3.63) is 53.7 Å². The molecule has 112 valence electrons. The van der Waals surface area contributed by atoms with Crippen LogP contribution in [0.5, 0.6) is 0 Å². The summed E-state index contributed by atoms with van der Waals surface area (Å²) >= 11 is 0. The predicted molar refractivity (Wildman–Crippen MR) is 80.6 cm³/mol. The van der Waals surface area contributed by atoms with Crippen molar-refractivity contribution in [2.45, 2.75) is 32.9 Å². The van der Waals surface area contributed by atoms with Gasteiger partial charge in [0.15, 0.2) is 5.69 Å². The summed E-state index contributed by atoms with van der Waals surface area (Å²) < 4.78 is 5.30. The molecule has 0 aliphatic carbocycles. The summed E-state index contributed by atoms with van der Waals surface area (Å²) in [6.07, 6.45) is 1.35. The molecule has 1 aromatic heterocycles. The molecular formula is C16H21N3O2. The van der Waals surface area contributed by atoms with Gasteiger partial charge in [-0.25, -0.2) is 4.98 Å². The number of benzene rings is 1. The van der Waals surface area contributed by atoms with E-state index < -0.39 is 0 Å². The fraction of sp³-hybridized carbons (Fsp3) is 0.375. The molecule has 0 fully saturated rings. The molecule has 0 saturated carbocycles. The molecule has 0 spiro atoms. The number of rotatable bonds is 5. The molecule has 5 nitrogen and oxygen atoms in total. The van der Waals surface area contributed by atoms with Crippen LogP contribution in [-0.2, 0) is 0 Å². The SMILES string of the molecule is CC(NC(=O)c1coc(C(N)C(C)C)n1)c1ccccc1. The second-order valence-corrected chi connectivity index (χ2v) is 5.45. The number of nitrogens with one attached hydrogen (secondary N) is 1. The number of amides is 1. The molecule has 0 aliphatic rings. The van der Waals surface area contributed by atoms with Crippen LogP contribution in [0.4, 0.5) is 0 Å². The fourth-order valence-corrected chi connectivity index (χ4v) is 1.93. The highest BCUT2D eigenvalue weighted by Gasteiger charge is 2.20. The van der Waals surface area contributed by atoms with E-state index in [9.17, 15) is 4.79 Å². The minimum Gasteiger partial charge on any atom is -0.446 e. The van der Waals surface area contributed by atoms with E-state index in [0.29, 0.717) is 5.89 Å². The number of nitrogens with zero attached hydrogens (tertiary/aromatic N) is 1. The third-order valence-electron chi connectivity index (χ3n) is 3.41. The lowest BCUT2D eigenvalue weighted by atomic mass is 10.1. The number of oxazole rings is 1. The summed E-state index contributed by atoms with van der Waals surface area (Å²) in [5, 5.41) is 2.89. The van der Waals surface area contributed by atoms with Crippen LogP contribution in [0.15, 0.2) is 41.0 Å². The van der Waals surface area contributed by atoms with Gasteiger partial charge in [-0.15, -0.1) is 0 Å². The maximum atomic E-state index is 12.2. The number of hydrogen-bond donors (Lipinski definition) is 2. The van der Waals surface area contributed by atoms with Crippen molar-refractivity contribution >= 4 is 5.91 Å². The molecular weight excluding hydrogens is 266 g/mol. The van der Waals surface area contributed by atoms with Gasteiger partial charge in [-0.3, -0.25) is 4.79 Å². The van der Waals surface area contributed by atoms with Crippen LogP contribution in [0.2, 0.25) is 0 Å². The predicted octanol–water partition coefficient (Wildman–Crippen LogP) is 2.82. The lowest BCUT2D eigenvalue weighted by Crippen LogP contribution is -2.27. The normalized spacial score (nSPS) is 14.0. The molecule has 0 saturated heterocycles. The van der Waals surface area contributed by atoms with E-state index in [4.69, 9.17) is 10.2 Å². The Hall–Kier alpha value is -2.14. The van der Waals surface area contributed by atoms with Gasteiger partial charge < -0.3 is 15.5 Å². The largest absolute Gasteiger partial charge is 0.446 e. The van der Waals surface area contributed by atoms with Crippen LogP contribution >= 0.6 is 0 Å². The molecule has 1 amide bonds. The maximum absolute atomic E-state index is 12.2. The Kier molecular flexibility index (Phi) is 4.75. The quantitative estimate of drug-likeness (QED) is 0.886. The van der Waals surface area contributed by atoms with Gasteiger partial charge in [0.25, 0.3) is 5.91 Å². The smallest absolute Gasteiger partial charge is 0.273 e. The molecule has 2 aromatic rings. The van der Waals surface area contributed by atoms with Gasteiger partial charge in [0.05, 0.1) is 12.1 Å². The lowest BCUT2D eigenvalue weighted by Gasteiger charge is -2.13. The Bertz CT molecular complexity index is 593. The van der Waals surface area contributed by atoms with Crippen molar-refractivity contribution < 1.29 is 9.21 Å². The molecule has 0 aliphatic heterocycles. The van der Waals surface area contributed by atoms with E-state index in [1.807, 2.05) is 51.1 Å². The number of nitrogens with two attached hydrogens (primary N) is 1. The lowest BCUT2D eigenvalue weighted by molar-refractivity contribution is 0.0934. The highest BCUT2D eigenvalue weighted by Crippen LogP contribution is 2.18. The van der Waals surface area contributed by atoms with Crippen LogP contribution in [0, 0.1) is 5.92 Å². The van der Waals surface area contributed by atoms with Crippen LogP contribution < -0.4 is 11.1 Å². The minimum atomic E-state index is -0.307. The van der Waals surface area contributed by atoms with Gasteiger partial charge in [0, 0.05) is 0 Å². The molecule has 5 heteroatoms. The van der Waals surface area contributed by atoms with Gasteiger partial charge in [-0.05, 0) is 18.4 Å². The highest BCUT2D eigenvalue weighted by molar-refractivity contribution is 5.92. The van der Waals surface area contributed by atoms with Gasteiger partial charge in [-0.2, -0.15) is 0 Å². The van der Waals surface area contributed by atoms with Crippen LogP contribution in [-0.4, -0.2) is 10.9 Å². The van der Waals surface area contributed by atoms with Crippen molar-refractivity contribution in [2.75, 3.05) is 0 Å². The topological polar surface area (TPSA) is 81.2 Å². The Balaban J connectivity index is 2.04. The first-order chi connectivity index (χ1) is 9.99. The van der Waals surface area contributed by atoms with Crippen molar-refractivity contribution in [2.24, 2.45) is 11.7 Å². The molecule has 0 radical (unpaired) electrons. The van der Waals surface area contributed by atoms with E-state index in [1.165, 1.54) is 6.26 Å². The maximum Gasteiger partial charge on any atom is 0.273 e. The minimum absolute atomic E-state index is 0.0994. The van der Waals surface area contributed by atoms with E-state index in [1.54, 1.807) is 0 Å². The summed E-state index contributed by atoms with van der Waals surface area (Å²) in [7, 11) is 0. The average Bonchev–Trinajstić information content (AvgIpc) is 2.97. The summed E-state index contributed by atoms with van der Waals surface area (Å²) in [6, 6.07) is 9.34. The van der Waals surface area contributed by atoms with E-state index >= 15 is 0 Å². The zero-order chi connectivity index (χ0) is 15.4. The Morgan fingerprint density at radius 2 is 1.90 bits per heavy atom. The van der Waals surface area contributed by atoms with Crippen molar-refractivity contribution in [1.82, 2.24) is 10.3 Å². The van der Waals surface area contributed by atoms with E-state index in [0.717, 1.165) is 5.56 Å². The molecule has 2 unspecified atom stereocenters. The third-order valence-corrected chi connectivity index (χ3v) is 3.41. The molecule has 3 N–H and O–H groups in total. The molecule has 1 heterocycles. The van der Waals surface area contributed by atoms with Crippen LogP contribution in [0.25, 0.3) is 0 Å². The first-order valence-corrected chi connectivity index (χ1v) is 7.06. The van der Waals surface area contributed by atoms with E-state index in [-0.39, 0.29) is 29.6 Å². The highest BCUT2D eigenvalue weighted by atomic mass is 16.3. The summed E-state index contributed by atoms with van der Waals surface area (Å²) in [5.74, 6) is 0.322. The monoisotopic (exact) mass is 287 g/mol. The summed E-state index contributed by atoms with van der Waals surface area (Å²) in [5.41, 5.74) is 7.24. The zero-order valence-corrected chi connectivity index (χ0v) is 12.5. The molecule has 21 heavy (non-hydrogen) atoms. The molecule has 0 bridgehead atoms. The van der Waals surface area contributed by atoms with Crippen molar-refractivity contribution in [3.63, 3.8) is 0 Å². The number of carbonyl (C=O) groups excluding carboxylic acids is 1. The van der Waals surface area contributed by atoms with E-state index in [2.05, 4.69) is 10.3 Å². The fourth-order valence-electron chi connectivity index (χ4n) is 1.93. The number of aromatic nitrogens is 1. The first-order valence-electron chi connectivity index (χ1n) is 7.06. The second kappa shape index (κ2) is 6.54. The number of carbonyl (C=O) groups is 1. The molecule has 1 aromatic carbocycles. The van der Waals surface area contributed by atoms with Crippen molar-refractivity contribution in [3.8, 4) is 0 Å². The second-order valence-electron chi connectivity index (χ2n) is 5.45. The average molecular weight is 287 g/mol. The van der Waals surface area contributed by atoms with Crippen LogP contribution in [0.1, 0.15) is 54.8 Å². The first kappa shape index (κ1) is 15.3. The van der Waals surface area contributed by atoms with Crippen molar-refractivity contribution in [1.29, 1.82) is 0 Å². The summed E-state index contributed by atoms with van der Waals surface area (Å²) in [4.78, 5) is 16.3. The van der Waals surface area contributed by atoms with Crippen LogP contribution in [0.3, 0.4) is 0 Å². The Morgan fingerprint density at radius 1 is 1.24 bits per heavy atom. The number of hydrogen-bond acceptors (Lipinski definition) is 4. The van der Waals surface area contributed by atoms with Gasteiger partial charge in [-0.1, -0.05) is 44.2 Å². The van der Waals surface area contributed by atoms with Gasteiger partial charge in [0.2, 0.25) is 5.89 Å². The Labute approximate surface area is 124 Å². The summed E-state index contributed by atoms with van der Waals surface area (Å²) in [6.45, 7) is 5.88. The zero-order valence-electron chi connectivity index (χ0n) is 12.5. The molecule has 2 atom stereocenters. The third kappa shape index (κ3) is 3.70. The standard InChI is InChI=1S/C16H21N3O2/c1-10(2)14(17)16-19-13(9-21-16)15(20)18-11(3)12-7-5-4-6-8-12/h4-11,14H,17H2,1-3H3,(H,18,20). The van der Waals surface area contributed by atoms with Gasteiger partial charge in [0.1, 0.15) is 6.26 Å². The molecule has 2 rings (SSSR count). The Morgan fingerprint density at radius 3 is 2.52 bits per heavy atom. The van der Waals surface area contributed by atoms with Gasteiger partial charge >= 0.3 is 0 Å².